The van der Waals surface area contributed by atoms with Crippen LogP contribution in [-0.2, 0) is 14.3 Å². The molecule has 2 N–H and O–H groups in total. The Balaban J connectivity index is 1.63. The highest BCUT2D eigenvalue weighted by molar-refractivity contribution is 9.11. The third-order valence-electron chi connectivity index (χ3n) is 5.61. The normalized spacial score (nSPS) is 20.7. The summed E-state index contributed by atoms with van der Waals surface area (Å²) < 4.78 is 19.3. The van der Waals surface area contributed by atoms with Gasteiger partial charge in [0.1, 0.15) is 12.0 Å². The van der Waals surface area contributed by atoms with Crippen molar-refractivity contribution >= 4 is 48.8 Å². The lowest BCUT2D eigenvalue weighted by atomic mass is 9.91. The number of carboxylic acid groups (broad SMARTS) is 1. The third-order valence-corrected chi connectivity index (χ3v) is 6.65. The van der Waals surface area contributed by atoms with Crippen LogP contribution in [0.1, 0.15) is 42.8 Å². The first kappa shape index (κ1) is 24.7. The molecular formula is C25H22Br2O7. The van der Waals surface area contributed by atoms with Crippen molar-refractivity contribution in [3.63, 3.8) is 0 Å². The summed E-state index contributed by atoms with van der Waals surface area (Å²) in [4.78, 5) is 24.0. The summed E-state index contributed by atoms with van der Waals surface area (Å²) >= 11 is 6.81. The summed E-state index contributed by atoms with van der Waals surface area (Å²) in [5, 5.41) is 19.7. The van der Waals surface area contributed by atoms with Crippen LogP contribution in [0.4, 0.5) is 0 Å². The van der Waals surface area contributed by atoms with Crippen LogP contribution in [-0.4, -0.2) is 22.8 Å². The van der Waals surface area contributed by atoms with Crippen LogP contribution in [0, 0.1) is 5.92 Å². The summed E-state index contributed by atoms with van der Waals surface area (Å²) in [6.07, 6.45) is 4.58. The number of aliphatic carboxylic acids is 1. The van der Waals surface area contributed by atoms with E-state index in [4.69, 9.17) is 19.0 Å². The molecule has 3 aromatic rings. The number of phenolic OH excluding ortho intramolecular Hbond substituents is 1. The molecule has 1 aliphatic rings. The predicted octanol–water partition coefficient (Wildman–Crippen LogP) is 6.24. The molecule has 1 aromatic heterocycles. The zero-order valence-corrected chi connectivity index (χ0v) is 21.1. The maximum Gasteiger partial charge on any atom is 0.303 e. The lowest BCUT2D eigenvalue weighted by molar-refractivity contribution is -0.244. The van der Waals surface area contributed by atoms with Crippen LogP contribution >= 0.6 is 31.9 Å². The number of halogens is 2. The Morgan fingerprint density at radius 2 is 1.94 bits per heavy atom. The van der Waals surface area contributed by atoms with Crippen LogP contribution in [0.15, 0.2) is 73.0 Å². The molecule has 1 saturated heterocycles. The Morgan fingerprint density at radius 3 is 2.71 bits per heavy atom. The van der Waals surface area contributed by atoms with Gasteiger partial charge in [0.15, 0.2) is 11.9 Å². The van der Waals surface area contributed by atoms with Crippen molar-refractivity contribution in [3.05, 3.63) is 85.1 Å². The number of aromatic hydroxyl groups is 1. The Bertz CT molecular complexity index is 1280. The van der Waals surface area contributed by atoms with Crippen molar-refractivity contribution in [1.82, 2.24) is 0 Å². The predicted molar refractivity (Wildman–Crippen MR) is 133 cm³/mol. The molecule has 3 unspecified atom stereocenters. The second-order valence-electron chi connectivity index (χ2n) is 7.96. The molecule has 3 atom stereocenters. The van der Waals surface area contributed by atoms with E-state index in [1.54, 1.807) is 30.3 Å². The van der Waals surface area contributed by atoms with E-state index < -0.39 is 18.4 Å². The van der Waals surface area contributed by atoms with Gasteiger partial charge in [-0.05, 0) is 47.0 Å². The van der Waals surface area contributed by atoms with E-state index in [0.717, 1.165) is 4.47 Å². The van der Waals surface area contributed by atoms with Gasteiger partial charge in [-0.2, -0.15) is 0 Å². The van der Waals surface area contributed by atoms with Gasteiger partial charge in [0, 0.05) is 22.4 Å². The molecule has 2 heterocycles. The second-order valence-corrected chi connectivity index (χ2v) is 9.73. The number of para-hydroxylation sites is 1. The van der Waals surface area contributed by atoms with E-state index >= 15 is 0 Å². The maximum atomic E-state index is 13.3. The lowest BCUT2D eigenvalue weighted by Gasteiger charge is -2.36. The molecule has 178 valence electrons. The average Bonchev–Trinajstić information content (AvgIpc) is 2.80. The van der Waals surface area contributed by atoms with E-state index in [2.05, 4.69) is 31.9 Å². The number of carbonyl (C=O) groups is 1. The van der Waals surface area contributed by atoms with Gasteiger partial charge in [-0.1, -0.05) is 46.3 Å². The Hall–Kier alpha value is -2.46. The standard InChI is InChI=1S/C25H22Br2O7/c26-15-10-17-22(31)18(13-32-24(17)19(27)11-15)25-33-12-14(6-2-1-3-9-21(29)30)23(34-25)16-7-4-5-8-20(16)28/h1-2,4-5,7-8,10-11,13-14,23,25,28H,3,6,9,12H2,(H,29,30). The van der Waals surface area contributed by atoms with Gasteiger partial charge < -0.3 is 24.1 Å². The molecule has 0 spiro atoms. The SMILES string of the molecule is O=C(O)CCC=CCC1COC(c2coc3c(Br)cc(Br)cc3c2=O)OC1c1ccccc1O. The highest BCUT2D eigenvalue weighted by Crippen LogP contribution is 2.42. The largest absolute Gasteiger partial charge is 0.508 e. The Morgan fingerprint density at radius 1 is 1.15 bits per heavy atom. The van der Waals surface area contributed by atoms with E-state index in [0.29, 0.717) is 33.8 Å². The summed E-state index contributed by atoms with van der Waals surface area (Å²) in [6.45, 7) is 0.270. The quantitative estimate of drug-likeness (QED) is 0.312. The molecule has 4 rings (SSSR count). The number of rotatable bonds is 7. The molecule has 0 bridgehead atoms. The molecule has 0 amide bonds. The number of carboxylic acids is 1. The number of ether oxygens (including phenoxy) is 2. The van der Waals surface area contributed by atoms with Gasteiger partial charge in [-0.15, -0.1) is 0 Å². The Labute approximate surface area is 212 Å². The summed E-state index contributed by atoms with van der Waals surface area (Å²) in [7, 11) is 0. The maximum absolute atomic E-state index is 13.3. The fourth-order valence-electron chi connectivity index (χ4n) is 3.93. The molecular weight excluding hydrogens is 572 g/mol. The number of allylic oxidation sites excluding steroid dienone is 2. The number of benzene rings is 2. The van der Waals surface area contributed by atoms with E-state index in [-0.39, 0.29) is 35.7 Å². The van der Waals surface area contributed by atoms with Gasteiger partial charge >= 0.3 is 5.97 Å². The Kier molecular flexibility index (Phi) is 7.88. The van der Waals surface area contributed by atoms with Crippen LogP contribution in [0.5, 0.6) is 5.75 Å². The lowest BCUT2D eigenvalue weighted by Crippen LogP contribution is -2.32. The minimum absolute atomic E-state index is 0.0586. The second kappa shape index (κ2) is 10.9. The molecule has 34 heavy (non-hydrogen) atoms. The van der Waals surface area contributed by atoms with E-state index in [9.17, 15) is 14.7 Å². The van der Waals surface area contributed by atoms with Gasteiger partial charge in [0.05, 0.1) is 28.1 Å². The van der Waals surface area contributed by atoms with E-state index in [1.807, 2.05) is 18.2 Å². The van der Waals surface area contributed by atoms with Gasteiger partial charge in [-0.25, -0.2) is 0 Å². The minimum Gasteiger partial charge on any atom is -0.508 e. The van der Waals surface area contributed by atoms with Crippen molar-refractivity contribution in [2.24, 2.45) is 5.92 Å². The first-order valence-electron chi connectivity index (χ1n) is 10.7. The van der Waals surface area contributed by atoms with E-state index in [1.165, 1.54) is 6.26 Å². The molecule has 0 saturated carbocycles. The van der Waals surface area contributed by atoms with Crippen molar-refractivity contribution in [2.75, 3.05) is 6.61 Å². The number of phenols is 1. The summed E-state index contributed by atoms with van der Waals surface area (Å²) in [6, 6.07) is 10.4. The highest BCUT2D eigenvalue weighted by Gasteiger charge is 2.36. The highest BCUT2D eigenvalue weighted by atomic mass is 79.9. The third kappa shape index (κ3) is 5.43. The average molecular weight is 594 g/mol. The van der Waals surface area contributed by atoms with Crippen LogP contribution < -0.4 is 5.43 Å². The molecule has 9 heteroatoms. The van der Waals surface area contributed by atoms with Crippen LogP contribution in [0.2, 0.25) is 0 Å². The fraction of sp³-hybridized carbons (Fsp3) is 0.280. The number of hydrogen-bond acceptors (Lipinski definition) is 6. The molecule has 7 nitrogen and oxygen atoms in total. The van der Waals surface area contributed by atoms with Crippen molar-refractivity contribution in [2.45, 2.75) is 31.7 Å². The topological polar surface area (TPSA) is 106 Å². The van der Waals surface area contributed by atoms with Gasteiger partial charge in [-0.3, -0.25) is 9.59 Å². The smallest absolute Gasteiger partial charge is 0.303 e. The first-order chi connectivity index (χ1) is 16.3. The molecule has 0 radical (unpaired) electrons. The van der Waals surface area contributed by atoms with Gasteiger partial charge in [0.2, 0.25) is 5.43 Å². The fourth-order valence-corrected chi connectivity index (χ4v) is 5.25. The molecule has 1 fully saturated rings. The summed E-state index contributed by atoms with van der Waals surface area (Å²) in [5.74, 6) is -0.912. The zero-order chi connectivity index (χ0) is 24.2. The van der Waals surface area contributed by atoms with Crippen LogP contribution in [0.25, 0.3) is 11.0 Å². The molecule has 1 aliphatic heterocycles. The molecule has 2 aromatic carbocycles. The van der Waals surface area contributed by atoms with Crippen LogP contribution in [0.3, 0.4) is 0 Å². The number of hydrogen-bond donors (Lipinski definition) is 2. The van der Waals surface area contributed by atoms with Crippen molar-refractivity contribution in [3.8, 4) is 5.75 Å². The van der Waals surface area contributed by atoms with Crippen molar-refractivity contribution in [1.29, 1.82) is 0 Å². The summed E-state index contributed by atoms with van der Waals surface area (Å²) in [5.41, 5.74) is 0.981. The minimum atomic E-state index is -0.977. The van der Waals surface area contributed by atoms with Gasteiger partial charge in [0.25, 0.3) is 0 Å². The monoisotopic (exact) mass is 592 g/mol. The molecule has 0 aliphatic carbocycles. The first-order valence-corrected chi connectivity index (χ1v) is 12.3. The zero-order valence-electron chi connectivity index (χ0n) is 17.9. The number of fused-ring (bicyclic) bond motifs is 1. The van der Waals surface area contributed by atoms with Crippen molar-refractivity contribution < 1.29 is 28.9 Å².